The average Bonchev–Trinajstić information content (AvgIpc) is 2.71. The summed E-state index contributed by atoms with van der Waals surface area (Å²) in [6.07, 6.45) is 4.71. The number of piperidine rings is 1. The van der Waals surface area contributed by atoms with Crippen LogP contribution in [0, 0.1) is 0 Å². The molecule has 1 aliphatic carbocycles. The summed E-state index contributed by atoms with van der Waals surface area (Å²) in [6.45, 7) is 0.898. The Morgan fingerprint density at radius 2 is 1.73 bits per heavy atom. The van der Waals surface area contributed by atoms with Gasteiger partial charge in [0, 0.05) is 13.1 Å². The molecule has 1 saturated carbocycles. The van der Waals surface area contributed by atoms with Gasteiger partial charge in [0.25, 0.3) is 0 Å². The fraction of sp³-hybridized carbons (Fsp3) is 1.00. The van der Waals surface area contributed by atoms with Crippen LogP contribution in [0.5, 0.6) is 0 Å². The van der Waals surface area contributed by atoms with Crippen molar-refractivity contribution in [3.05, 3.63) is 0 Å². The third-order valence-electron chi connectivity index (χ3n) is 3.44. The zero-order chi connectivity index (χ0) is 10.9. The molecular formula is C10H19NO3S. The fourth-order valence-corrected chi connectivity index (χ4v) is 4.66. The molecule has 88 valence electrons. The molecule has 0 bridgehead atoms. The molecule has 1 saturated heterocycles. The van der Waals surface area contributed by atoms with E-state index in [1.807, 2.05) is 0 Å². The molecule has 2 fully saturated rings. The van der Waals surface area contributed by atoms with Crippen LogP contribution in [0.25, 0.3) is 0 Å². The Balaban J connectivity index is 2.07. The maximum atomic E-state index is 12.1. The minimum Gasteiger partial charge on any atom is -0.392 e. The quantitative estimate of drug-likeness (QED) is 0.764. The molecule has 4 nitrogen and oxygen atoms in total. The molecule has 5 heteroatoms. The summed E-state index contributed by atoms with van der Waals surface area (Å²) in [4.78, 5) is 0. The summed E-state index contributed by atoms with van der Waals surface area (Å²) in [5.41, 5.74) is 0. The Morgan fingerprint density at radius 1 is 1.07 bits per heavy atom. The highest BCUT2D eigenvalue weighted by atomic mass is 32.2. The molecule has 1 atom stereocenters. The molecule has 0 amide bonds. The Hall–Kier alpha value is -0.130. The van der Waals surface area contributed by atoms with E-state index >= 15 is 0 Å². The Morgan fingerprint density at radius 3 is 2.33 bits per heavy atom. The van der Waals surface area contributed by atoms with E-state index in [0.29, 0.717) is 13.1 Å². The van der Waals surface area contributed by atoms with Crippen LogP contribution in [0.3, 0.4) is 0 Å². The van der Waals surface area contributed by atoms with Crippen LogP contribution >= 0.6 is 0 Å². The maximum absolute atomic E-state index is 12.1. The van der Waals surface area contributed by atoms with Gasteiger partial charge in [-0.3, -0.25) is 0 Å². The minimum atomic E-state index is -3.12. The normalized spacial score (nSPS) is 30.9. The first-order valence-corrected chi connectivity index (χ1v) is 7.28. The van der Waals surface area contributed by atoms with Gasteiger partial charge < -0.3 is 5.11 Å². The molecule has 1 heterocycles. The lowest BCUT2D eigenvalue weighted by Crippen LogP contribution is -2.45. The van der Waals surface area contributed by atoms with E-state index in [1.165, 1.54) is 4.31 Å². The Labute approximate surface area is 91.3 Å². The number of aliphatic hydroxyl groups is 1. The van der Waals surface area contributed by atoms with Gasteiger partial charge >= 0.3 is 0 Å². The summed E-state index contributed by atoms with van der Waals surface area (Å²) in [6, 6.07) is 0. The molecule has 2 aliphatic rings. The van der Waals surface area contributed by atoms with Gasteiger partial charge in [-0.15, -0.1) is 0 Å². The minimum absolute atomic E-state index is 0.178. The van der Waals surface area contributed by atoms with E-state index in [2.05, 4.69) is 0 Å². The Kier molecular flexibility index (Phi) is 3.33. The lowest BCUT2D eigenvalue weighted by molar-refractivity contribution is 0.107. The number of rotatable bonds is 2. The standard InChI is InChI=1S/C10H19NO3S/c12-9-4-3-7-11(8-9)15(13,14)10-5-1-2-6-10/h9-10,12H,1-8H2/t9-/m0/s1. The third-order valence-corrected chi connectivity index (χ3v) is 5.81. The van der Waals surface area contributed by atoms with E-state index < -0.39 is 16.1 Å². The third kappa shape index (κ3) is 2.34. The molecular weight excluding hydrogens is 214 g/mol. The SMILES string of the molecule is O=S(=O)(C1CCCC1)N1CCC[C@H](O)C1. The molecule has 0 unspecified atom stereocenters. The van der Waals surface area contributed by atoms with Gasteiger partial charge in [0.2, 0.25) is 10.0 Å². The first kappa shape index (κ1) is 11.4. The van der Waals surface area contributed by atoms with Crippen molar-refractivity contribution in [1.82, 2.24) is 4.31 Å². The fourth-order valence-electron chi connectivity index (χ4n) is 2.55. The van der Waals surface area contributed by atoms with E-state index in [9.17, 15) is 13.5 Å². The highest BCUT2D eigenvalue weighted by Gasteiger charge is 2.36. The molecule has 0 aromatic heterocycles. The van der Waals surface area contributed by atoms with Gasteiger partial charge in [0.05, 0.1) is 11.4 Å². The zero-order valence-corrected chi connectivity index (χ0v) is 9.75. The molecule has 1 aliphatic heterocycles. The van der Waals surface area contributed by atoms with Crippen LogP contribution in [-0.2, 0) is 10.0 Å². The van der Waals surface area contributed by atoms with Gasteiger partial charge in [-0.1, -0.05) is 12.8 Å². The van der Waals surface area contributed by atoms with Crippen LogP contribution in [0.2, 0.25) is 0 Å². The topological polar surface area (TPSA) is 57.6 Å². The molecule has 15 heavy (non-hydrogen) atoms. The number of hydrogen-bond acceptors (Lipinski definition) is 3. The second-order valence-corrected chi connectivity index (χ2v) is 6.82. The molecule has 0 radical (unpaired) electrons. The van der Waals surface area contributed by atoms with E-state index in [0.717, 1.165) is 38.5 Å². The number of aliphatic hydroxyl groups excluding tert-OH is 1. The van der Waals surface area contributed by atoms with Crippen LogP contribution in [0.1, 0.15) is 38.5 Å². The summed E-state index contributed by atoms with van der Waals surface area (Å²) < 4.78 is 25.8. The smallest absolute Gasteiger partial charge is 0.217 e. The van der Waals surface area contributed by atoms with Crippen LogP contribution in [0.4, 0.5) is 0 Å². The van der Waals surface area contributed by atoms with Crippen LogP contribution in [-0.4, -0.2) is 42.3 Å². The molecule has 0 aromatic rings. The predicted octanol–water partition coefficient (Wildman–Crippen LogP) is 0.716. The van der Waals surface area contributed by atoms with E-state index in [4.69, 9.17) is 0 Å². The van der Waals surface area contributed by atoms with Crippen LogP contribution in [0.15, 0.2) is 0 Å². The monoisotopic (exact) mass is 233 g/mol. The van der Waals surface area contributed by atoms with Crippen molar-refractivity contribution >= 4 is 10.0 Å². The van der Waals surface area contributed by atoms with Crippen molar-refractivity contribution < 1.29 is 13.5 Å². The van der Waals surface area contributed by atoms with E-state index in [-0.39, 0.29) is 5.25 Å². The van der Waals surface area contributed by atoms with Crippen molar-refractivity contribution in [1.29, 1.82) is 0 Å². The lowest BCUT2D eigenvalue weighted by atomic mass is 10.1. The van der Waals surface area contributed by atoms with Crippen molar-refractivity contribution in [2.24, 2.45) is 0 Å². The summed E-state index contributed by atoms with van der Waals surface area (Å²) in [5.74, 6) is 0. The first-order chi connectivity index (χ1) is 7.10. The van der Waals surface area contributed by atoms with Gasteiger partial charge in [0.15, 0.2) is 0 Å². The second kappa shape index (κ2) is 4.39. The van der Waals surface area contributed by atoms with Gasteiger partial charge in [-0.2, -0.15) is 4.31 Å². The predicted molar refractivity (Wildman–Crippen MR) is 58.0 cm³/mol. The summed E-state index contributed by atoms with van der Waals surface area (Å²) in [7, 11) is -3.12. The highest BCUT2D eigenvalue weighted by Crippen LogP contribution is 2.28. The van der Waals surface area contributed by atoms with Gasteiger partial charge in [0.1, 0.15) is 0 Å². The van der Waals surface area contributed by atoms with Crippen LogP contribution < -0.4 is 0 Å². The number of hydrogen-bond donors (Lipinski definition) is 1. The molecule has 0 aromatic carbocycles. The van der Waals surface area contributed by atoms with E-state index in [1.54, 1.807) is 0 Å². The zero-order valence-electron chi connectivity index (χ0n) is 8.93. The van der Waals surface area contributed by atoms with Crippen molar-refractivity contribution in [3.8, 4) is 0 Å². The lowest BCUT2D eigenvalue weighted by Gasteiger charge is -2.31. The Bertz CT molecular complexity index is 309. The van der Waals surface area contributed by atoms with Crippen molar-refractivity contribution in [2.75, 3.05) is 13.1 Å². The average molecular weight is 233 g/mol. The van der Waals surface area contributed by atoms with Crippen molar-refractivity contribution in [3.63, 3.8) is 0 Å². The number of β-amino-alcohol motifs (C(OH)–C–C–N with tert-alkyl or cyclic N) is 1. The number of sulfonamides is 1. The molecule has 1 N–H and O–H groups in total. The van der Waals surface area contributed by atoms with Crippen molar-refractivity contribution in [2.45, 2.75) is 49.9 Å². The number of nitrogens with zero attached hydrogens (tertiary/aromatic N) is 1. The molecule has 0 spiro atoms. The second-order valence-electron chi connectivity index (χ2n) is 4.61. The largest absolute Gasteiger partial charge is 0.392 e. The molecule has 2 rings (SSSR count). The summed E-state index contributed by atoms with van der Waals surface area (Å²) in [5, 5.41) is 9.30. The first-order valence-electron chi connectivity index (χ1n) is 5.78. The maximum Gasteiger partial charge on any atom is 0.217 e. The van der Waals surface area contributed by atoms with Gasteiger partial charge in [-0.25, -0.2) is 8.42 Å². The van der Waals surface area contributed by atoms with Gasteiger partial charge in [-0.05, 0) is 25.7 Å². The summed E-state index contributed by atoms with van der Waals surface area (Å²) >= 11 is 0. The highest BCUT2D eigenvalue weighted by molar-refractivity contribution is 7.89.